The van der Waals surface area contributed by atoms with E-state index in [2.05, 4.69) is 13.8 Å². The molecule has 42 heavy (non-hydrogen) atoms. The molecule has 1 saturated carbocycles. The van der Waals surface area contributed by atoms with Crippen molar-refractivity contribution in [1.82, 2.24) is 0 Å². The fourth-order valence-corrected chi connectivity index (χ4v) is 5.21. The number of amides is 3. The number of benzene rings is 2. The van der Waals surface area contributed by atoms with E-state index in [9.17, 15) is 18.8 Å². The molecule has 1 heterocycles. The number of para-hydroxylation sites is 1. The number of hydrogen-bond acceptors (Lipinski definition) is 6. The predicted octanol–water partition coefficient (Wildman–Crippen LogP) is 7.56. The maximum Gasteiger partial charge on any atom is 0.427 e. The number of carbonyl (C=O) groups excluding carboxylic acids is 3. The van der Waals surface area contributed by atoms with Crippen molar-refractivity contribution in [2.45, 2.75) is 72.3 Å². The number of allylic oxidation sites excluding steroid dienone is 1. The van der Waals surface area contributed by atoms with E-state index >= 15 is 0 Å². The van der Waals surface area contributed by atoms with Crippen molar-refractivity contribution in [2.75, 3.05) is 29.5 Å². The predicted molar refractivity (Wildman–Crippen MR) is 162 cm³/mol. The van der Waals surface area contributed by atoms with Crippen LogP contribution in [-0.4, -0.2) is 43.7 Å². The van der Waals surface area contributed by atoms with Gasteiger partial charge < -0.3 is 14.2 Å². The average molecular weight is 624 g/mol. The summed E-state index contributed by atoms with van der Waals surface area (Å²) < 4.78 is 30.2. The first kappa shape index (κ1) is 33.4. The van der Waals surface area contributed by atoms with Gasteiger partial charge in [-0.1, -0.05) is 43.6 Å². The quantitative estimate of drug-likeness (QED) is 0.163. The molecule has 1 aliphatic heterocycles. The number of methoxy groups -OCH3 is 1. The number of imide groups is 1. The Bertz CT molecular complexity index is 1320. The summed E-state index contributed by atoms with van der Waals surface area (Å²) >= 11 is 11.7. The largest absolute Gasteiger partial charge is 0.489 e. The van der Waals surface area contributed by atoms with Gasteiger partial charge in [0, 0.05) is 13.2 Å². The van der Waals surface area contributed by atoms with Gasteiger partial charge in [0.25, 0.3) is 0 Å². The Hall–Kier alpha value is -3.14. The van der Waals surface area contributed by atoms with E-state index in [-0.39, 0.29) is 46.8 Å². The molecule has 228 valence electrons. The standard InChI is InChI=1S/C17H17ClFNO4.C14H20ClNO2/c1-9(2)15-16(21)20(17(22)24-15)13-8-14(11(18)7-12(13)19)23-10-5-3-4-6-10;1-4-11-7-6-8-12(5-2)14(11)16(10-18-3)13(17)9-15/h7-8,10H,3-6H2,1-2H3;6-8H,4-5,9-10H2,1-3H3. The zero-order chi connectivity index (χ0) is 31.0. The molecular formula is C31H37Cl2FN2O6. The molecule has 2 aliphatic rings. The van der Waals surface area contributed by atoms with Crippen LogP contribution in [0.4, 0.5) is 20.6 Å². The summed E-state index contributed by atoms with van der Waals surface area (Å²) in [4.78, 5) is 38.6. The van der Waals surface area contributed by atoms with E-state index in [4.69, 9.17) is 37.4 Å². The molecule has 3 amide bonds. The Morgan fingerprint density at radius 3 is 2.24 bits per heavy atom. The van der Waals surface area contributed by atoms with Crippen LogP contribution in [0.15, 0.2) is 41.7 Å². The first-order chi connectivity index (χ1) is 20.1. The number of aryl methyl sites for hydroxylation is 2. The van der Waals surface area contributed by atoms with Crippen LogP contribution >= 0.6 is 23.2 Å². The average Bonchev–Trinajstić information content (AvgIpc) is 3.59. The lowest BCUT2D eigenvalue weighted by Crippen LogP contribution is -2.35. The SMILES string of the molecule is CC(C)=C1OC(=O)N(c2cc(OC3CCCC3)c(Cl)cc2F)C1=O.CCc1cccc(CC)c1N(COC)C(=O)CCl. The number of carbonyl (C=O) groups is 3. The molecule has 11 heteroatoms. The van der Waals surface area contributed by atoms with Gasteiger partial charge in [-0.15, -0.1) is 11.6 Å². The molecule has 0 aromatic heterocycles. The molecule has 0 unspecified atom stereocenters. The zero-order valence-corrected chi connectivity index (χ0v) is 26.1. The molecule has 8 nitrogen and oxygen atoms in total. The van der Waals surface area contributed by atoms with Gasteiger partial charge in [-0.3, -0.25) is 14.5 Å². The molecule has 0 N–H and O–H groups in total. The van der Waals surface area contributed by atoms with Crippen molar-refractivity contribution in [3.63, 3.8) is 0 Å². The summed E-state index contributed by atoms with van der Waals surface area (Å²) in [5, 5.41) is 0.102. The molecule has 1 aliphatic carbocycles. The summed E-state index contributed by atoms with van der Waals surface area (Å²) in [6.45, 7) is 7.66. The fraction of sp³-hybridized carbons (Fsp3) is 0.452. The summed E-state index contributed by atoms with van der Waals surface area (Å²) in [6.07, 6.45) is 4.75. The van der Waals surface area contributed by atoms with Crippen molar-refractivity contribution < 1.29 is 33.0 Å². The molecule has 4 rings (SSSR count). The van der Waals surface area contributed by atoms with Crippen molar-refractivity contribution in [1.29, 1.82) is 0 Å². The van der Waals surface area contributed by atoms with Crippen LogP contribution in [0.2, 0.25) is 5.02 Å². The number of alkyl halides is 1. The second-order valence-electron chi connectivity index (χ2n) is 10.1. The van der Waals surface area contributed by atoms with Crippen LogP contribution < -0.4 is 14.5 Å². The minimum absolute atomic E-state index is 0.00962. The normalized spacial score (nSPS) is 15.0. The number of anilines is 2. The van der Waals surface area contributed by atoms with Gasteiger partial charge in [-0.25, -0.2) is 14.1 Å². The third kappa shape index (κ3) is 7.62. The minimum Gasteiger partial charge on any atom is -0.489 e. The molecule has 0 bridgehead atoms. The first-order valence-electron chi connectivity index (χ1n) is 13.9. The number of rotatable bonds is 9. The molecule has 2 fully saturated rings. The monoisotopic (exact) mass is 622 g/mol. The van der Waals surface area contributed by atoms with E-state index < -0.39 is 17.8 Å². The Labute approximate surface area is 256 Å². The lowest BCUT2D eigenvalue weighted by Gasteiger charge is -2.26. The van der Waals surface area contributed by atoms with Gasteiger partial charge in [-0.05, 0) is 75.1 Å². The number of cyclic esters (lactones) is 1. The van der Waals surface area contributed by atoms with Gasteiger partial charge in [0.15, 0.2) is 5.76 Å². The minimum atomic E-state index is -0.941. The lowest BCUT2D eigenvalue weighted by atomic mass is 10.0. The van der Waals surface area contributed by atoms with Crippen LogP contribution in [0, 0.1) is 5.82 Å². The van der Waals surface area contributed by atoms with Gasteiger partial charge in [0.05, 0.1) is 22.5 Å². The lowest BCUT2D eigenvalue weighted by molar-refractivity contribution is -0.117. The summed E-state index contributed by atoms with van der Waals surface area (Å²) in [5.74, 6) is -1.50. The number of ether oxygens (including phenoxy) is 3. The summed E-state index contributed by atoms with van der Waals surface area (Å²) in [5.41, 5.74) is 3.55. The van der Waals surface area contributed by atoms with E-state index in [1.54, 1.807) is 25.9 Å². The Balaban J connectivity index is 0.000000241. The first-order valence-corrected chi connectivity index (χ1v) is 14.8. The Morgan fingerprint density at radius 2 is 1.74 bits per heavy atom. The van der Waals surface area contributed by atoms with E-state index in [1.165, 1.54) is 6.07 Å². The molecule has 2 aromatic rings. The van der Waals surface area contributed by atoms with Crippen LogP contribution in [-0.2, 0) is 31.9 Å². The second-order valence-corrected chi connectivity index (χ2v) is 10.8. The Kier molecular flexibility index (Phi) is 12.2. The van der Waals surface area contributed by atoms with Crippen LogP contribution in [0.25, 0.3) is 0 Å². The summed E-state index contributed by atoms with van der Waals surface area (Å²) in [7, 11) is 1.58. The molecule has 0 radical (unpaired) electrons. The van der Waals surface area contributed by atoms with Gasteiger partial charge in [0.1, 0.15) is 24.2 Å². The maximum absolute atomic E-state index is 14.3. The Morgan fingerprint density at radius 1 is 1.12 bits per heavy atom. The number of hydrogen-bond donors (Lipinski definition) is 0. The van der Waals surface area contributed by atoms with E-state index in [0.717, 1.165) is 61.4 Å². The maximum atomic E-state index is 14.3. The van der Waals surface area contributed by atoms with E-state index in [1.807, 2.05) is 18.2 Å². The highest BCUT2D eigenvalue weighted by atomic mass is 35.5. The third-order valence-corrected chi connectivity index (χ3v) is 7.49. The number of halogens is 3. The van der Waals surface area contributed by atoms with Gasteiger partial charge in [-0.2, -0.15) is 0 Å². The van der Waals surface area contributed by atoms with Gasteiger partial charge >= 0.3 is 12.0 Å². The van der Waals surface area contributed by atoms with Crippen molar-refractivity contribution in [3.05, 3.63) is 63.6 Å². The fourth-order valence-electron chi connectivity index (χ4n) is 4.87. The topological polar surface area (TPSA) is 85.4 Å². The third-order valence-electron chi connectivity index (χ3n) is 6.97. The molecule has 1 saturated heterocycles. The molecule has 2 aromatic carbocycles. The highest BCUT2D eigenvalue weighted by molar-refractivity contribution is 6.32. The van der Waals surface area contributed by atoms with E-state index in [0.29, 0.717) is 10.5 Å². The molecule has 0 spiro atoms. The van der Waals surface area contributed by atoms with Crippen molar-refractivity contribution in [2.24, 2.45) is 0 Å². The van der Waals surface area contributed by atoms with Crippen LogP contribution in [0.1, 0.15) is 64.5 Å². The highest BCUT2D eigenvalue weighted by Crippen LogP contribution is 2.37. The molecule has 0 atom stereocenters. The second kappa shape index (κ2) is 15.4. The van der Waals surface area contributed by atoms with Crippen molar-refractivity contribution in [3.8, 4) is 5.75 Å². The smallest absolute Gasteiger partial charge is 0.427 e. The highest BCUT2D eigenvalue weighted by Gasteiger charge is 2.40. The zero-order valence-electron chi connectivity index (χ0n) is 24.6. The van der Waals surface area contributed by atoms with Gasteiger partial charge in [0.2, 0.25) is 5.91 Å². The van der Waals surface area contributed by atoms with Crippen molar-refractivity contribution >= 4 is 52.5 Å². The number of nitrogens with zero attached hydrogens (tertiary/aromatic N) is 2. The van der Waals surface area contributed by atoms with Crippen LogP contribution in [0.5, 0.6) is 5.75 Å². The molecular weight excluding hydrogens is 586 g/mol. The summed E-state index contributed by atoms with van der Waals surface area (Å²) in [6, 6.07) is 8.43. The van der Waals surface area contributed by atoms with Crippen LogP contribution in [0.3, 0.4) is 0 Å².